The molecule has 0 bridgehead atoms. The molecular weight excluding hydrogens is 238 g/mol. The molecule has 2 heterocycles. The number of fused-ring (bicyclic) bond motifs is 1. The third-order valence-electron chi connectivity index (χ3n) is 3.44. The average molecular weight is 255 g/mol. The van der Waals surface area contributed by atoms with Gasteiger partial charge in [0.05, 0.1) is 11.3 Å². The Hall–Kier alpha value is -1.94. The molecular formula is C15H17N3O. The van der Waals surface area contributed by atoms with Gasteiger partial charge in [-0.25, -0.2) is 4.98 Å². The minimum absolute atomic E-state index is 0.000136. The Balaban J connectivity index is 1.94. The molecule has 0 amide bonds. The summed E-state index contributed by atoms with van der Waals surface area (Å²) in [5.74, 6) is 0.760. The summed E-state index contributed by atoms with van der Waals surface area (Å²) in [6.45, 7) is 3.59. The van der Waals surface area contributed by atoms with Crippen LogP contribution < -0.4 is 10.9 Å². The van der Waals surface area contributed by atoms with E-state index < -0.39 is 0 Å². The van der Waals surface area contributed by atoms with Gasteiger partial charge in [0.1, 0.15) is 5.82 Å². The van der Waals surface area contributed by atoms with E-state index in [4.69, 9.17) is 0 Å². The van der Waals surface area contributed by atoms with Gasteiger partial charge in [0.25, 0.3) is 5.56 Å². The van der Waals surface area contributed by atoms with Crippen molar-refractivity contribution in [3.8, 4) is 0 Å². The van der Waals surface area contributed by atoms with Crippen molar-refractivity contribution in [1.29, 1.82) is 0 Å². The maximum absolute atomic E-state index is 12.0. The number of H-pyrrole nitrogens is 1. The molecule has 2 aromatic rings. The number of nitrogens with one attached hydrogen (secondary N) is 2. The molecule has 4 nitrogen and oxygen atoms in total. The standard InChI is InChI=1S/C15H17N3O/c1-10-3-2-4-11(7-10)8-14-17-13-5-6-16-9-12(13)15(19)18-14/h2-4,7,16H,5-6,8-9H2,1H3,(H,17,18,19). The van der Waals surface area contributed by atoms with Crippen LogP contribution in [0.3, 0.4) is 0 Å². The minimum atomic E-state index is -0.000136. The summed E-state index contributed by atoms with van der Waals surface area (Å²) in [6, 6.07) is 8.29. The Kier molecular flexibility index (Phi) is 3.17. The molecule has 19 heavy (non-hydrogen) atoms. The van der Waals surface area contributed by atoms with Crippen LogP contribution in [0, 0.1) is 6.92 Å². The minimum Gasteiger partial charge on any atom is -0.312 e. The Morgan fingerprint density at radius 3 is 3.11 bits per heavy atom. The smallest absolute Gasteiger partial charge is 0.255 e. The lowest BCUT2D eigenvalue weighted by Gasteiger charge is -2.15. The zero-order valence-corrected chi connectivity index (χ0v) is 11.0. The van der Waals surface area contributed by atoms with Gasteiger partial charge in [0.2, 0.25) is 0 Å². The van der Waals surface area contributed by atoms with Crippen LogP contribution in [-0.2, 0) is 19.4 Å². The molecule has 2 N–H and O–H groups in total. The van der Waals surface area contributed by atoms with E-state index in [1.54, 1.807) is 0 Å². The van der Waals surface area contributed by atoms with Crippen molar-refractivity contribution in [3.05, 3.63) is 62.8 Å². The molecule has 0 spiro atoms. The van der Waals surface area contributed by atoms with Crippen molar-refractivity contribution in [2.24, 2.45) is 0 Å². The van der Waals surface area contributed by atoms with Crippen molar-refractivity contribution >= 4 is 0 Å². The van der Waals surface area contributed by atoms with E-state index in [0.717, 1.165) is 30.0 Å². The van der Waals surface area contributed by atoms with Crippen LogP contribution in [-0.4, -0.2) is 16.5 Å². The highest BCUT2D eigenvalue weighted by Gasteiger charge is 2.15. The first-order chi connectivity index (χ1) is 9.22. The Morgan fingerprint density at radius 2 is 2.26 bits per heavy atom. The molecule has 0 fully saturated rings. The largest absolute Gasteiger partial charge is 0.312 e. The molecule has 98 valence electrons. The van der Waals surface area contributed by atoms with Gasteiger partial charge in [-0.05, 0) is 12.5 Å². The molecule has 1 aromatic heterocycles. The third kappa shape index (κ3) is 2.58. The highest BCUT2D eigenvalue weighted by molar-refractivity contribution is 5.26. The molecule has 0 saturated carbocycles. The summed E-state index contributed by atoms with van der Waals surface area (Å²) in [7, 11) is 0. The maximum Gasteiger partial charge on any atom is 0.255 e. The average Bonchev–Trinajstić information content (AvgIpc) is 2.39. The fraction of sp³-hybridized carbons (Fsp3) is 0.333. The van der Waals surface area contributed by atoms with Gasteiger partial charge in [0.15, 0.2) is 0 Å². The molecule has 1 aliphatic heterocycles. The number of hydrogen-bond acceptors (Lipinski definition) is 3. The first kappa shape index (κ1) is 12.1. The quantitative estimate of drug-likeness (QED) is 0.850. The topological polar surface area (TPSA) is 57.8 Å². The van der Waals surface area contributed by atoms with Gasteiger partial charge < -0.3 is 10.3 Å². The van der Waals surface area contributed by atoms with Gasteiger partial charge in [-0.2, -0.15) is 0 Å². The fourth-order valence-corrected chi connectivity index (χ4v) is 2.50. The van der Waals surface area contributed by atoms with Crippen LogP contribution in [0.2, 0.25) is 0 Å². The lowest BCUT2D eigenvalue weighted by Crippen LogP contribution is -2.32. The summed E-state index contributed by atoms with van der Waals surface area (Å²) in [5, 5.41) is 3.20. The lowest BCUT2D eigenvalue weighted by molar-refractivity contribution is 0.615. The number of rotatable bonds is 2. The van der Waals surface area contributed by atoms with Gasteiger partial charge in [-0.15, -0.1) is 0 Å². The molecule has 0 atom stereocenters. The van der Waals surface area contributed by atoms with Crippen LogP contribution in [0.5, 0.6) is 0 Å². The second kappa shape index (κ2) is 4.97. The van der Waals surface area contributed by atoms with E-state index in [1.165, 1.54) is 11.1 Å². The summed E-state index contributed by atoms with van der Waals surface area (Å²) in [4.78, 5) is 19.5. The van der Waals surface area contributed by atoms with Crippen LogP contribution in [0.25, 0.3) is 0 Å². The van der Waals surface area contributed by atoms with E-state index in [0.29, 0.717) is 13.0 Å². The molecule has 1 aliphatic rings. The van der Waals surface area contributed by atoms with Crippen molar-refractivity contribution in [2.75, 3.05) is 6.54 Å². The van der Waals surface area contributed by atoms with E-state index in [-0.39, 0.29) is 5.56 Å². The maximum atomic E-state index is 12.0. The van der Waals surface area contributed by atoms with Crippen LogP contribution in [0.1, 0.15) is 28.2 Å². The number of aryl methyl sites for hydroxylation is 1. The second-order valence-electron chi connectivity index (χ2n) is 5.03. The molecule has 4 heteroatoms. The van der Waals surface area contributed by atoms with Crippen LogP contribution in [0.15, 0.2) is 29.1 Å². The van der Waals surface area contributed by atoms with Crippen LogP contribution in [0.4, 0.5) is 0 Å². The summed E-state index contributed by atoms with van der Waals surface area (Å²) in [6.07, 6.45) is 1.51. The van der Waals surface area contributed by atoms with Crippen molar-refractivity contribution in [2.45, 2.75) is 26.3 Å². The van der Waals surface area contributed by atoms with E-state index in [2.05, 4.69) is 40.4 Å². The Labute approximate surface area is 111 Å². The first-order valence-corrected chi connectivity index (χ1v) is 6.59. The first-order valence-electron chi connectivity index (χ1n) is 6.59. The van der Waals surface area contributed by atoms with Gasteiger partial charge in [0, 0.05) is 25.9 Å². The van der Waals surface area contributed by atoms with E-state index in [9.17, 15) is 4.79 Å². The second-order valence-corrected chi connectivity index (χ2v) is 5.03. The summed E-state index contributed by atoms with van der Waals surface area (Å²) < 4.78 is 0. The van der Waals surface area contributed by atoms with E-state index >= 15 is 0 Å². The predicted molar refractivity (Wildman–Crippen MR) is 74.3 cm³/mol. The normalized spacial score (nSPS) is 14.2. The van der Waals surface area contributed by atoms with Gasteiger partial charge >= 0.3 is 0 Å². The number of aromatic nitrogens is 2. The van der Waals surface area contributed by atoms with Crippen molar-refractivity contribution in [3.63, 3.8) is 0 Å². The molecule has 0 radical (unpaired) electrons. The van der Waals surface area contributed by atoms with Crippen LogP contribution >= 0.6 is 0 Å². The number of benzene rings is 1. The summed E-state index contributed by atoms with van der Waals surface area (Å²) >= 11 is 0. The number of nitrogens with zero attached hydrogens (tertiary/aromatic N) is 1. The number of hydrogen-bond donors (Lipinski definition) is 2. The zero-order chi connectivity index (χ0) is 13.2. The van der Waals surface area contributed by atoms with E-state index in [1.807, 2.05) is 6.07 Å². The fourth-order valence-electron chi connectivity index (χ4n) is 2.50. The monoisotopic (exact) mass is 255 g/mol. The zero-order valence-electron chi connectivity index (χ0n) is 11.0. The molecule has 3 rings (SSSR count). The SMILES string of the molecule is Cc1cccc(Cc2nc3c(c(=O)[nH]2)CNCC3)c1. The highest BCUT2D eigenvalue weighted by Crippen LogP contribution is 2.10. The number of aromatic amines is 1. The Bertz CT molecular complexity index is 661. The third-order valence-corrected chi connectivity index (χ3v) is 3.44. The highest BCUT2D eigenvalue weighted by atomic mass is 16.1. The van der Waals surface area contributed by atoms with Crippen molar-refractivity contribution < 1.29 is 0 Å². The van der Waals surface area contributed by atoms with Gasteiger partial charge in [-0.3, -0.25) is 4.79 Å². The van der Waals surface area contributed by atoms with Crippen molar-refractivity contribution in [1.82, 2.24) is 15.3 Å². The Morgan fingerprint density at radius 1 is 1.37 bits per heavy atom. The molecule has 0 aliphatic carbocycles. The summed E-state index contributed by atoms with van der Waals surface area (Å²) in [5.41, 5.74) is 4.14. The molecule has 1 aromatic carbocycles. The molecule has 0 saturated heterocycles. The lowest BCUT2D eigenvalue weighted by atomic mass is 10.1. The predicted octanol–water partition coefficient (Wildman–Crippen LogP) is 1.31. The molecule has 0 unspecified atom stereocenters. The van der Waals surface area contributed by atoms with Gasteiger partial charge in [-0.1, -0.05) is 29.8 Å².